The molecular formula is C22H28N4O3. The van der Waals surface area contributed by atoms with Crippen molar-refractivity contribution >= 4 is 28.9 Å². The quantitative estimate of drug-likeness (QED) is 0.670. The van der Waals surface area contributed by atoms with Crippen molar-refractivity contribution in [2.24, 2.45) is 0 Å². The van der Waals surface area contributed by atoms with Crippen molar-refractivity contribution in [2.45, 2.75) is 19.9 Å². The summed E-state index contributed by atoms with van der Waals surface area (Å²) in [7, 11) is 0. The van der Waals surface area contributed by atoms with Gasteiger partial charge in [-0.2, -0.15) is 0 Å². The van der Waals surface area contributed by atoms with E-state index in [-0.39, 0.29) is 11.8 Å². The third-order valence-electron chi connectivity index (χ3n) is 4.82. The summed E-state index contributed by atoms with van der Waals surface area (Å²) >= 11 is 0. The van der Waals surface area contributed by atoms with Crippen LogP contribution in [-0.4, -0.2) is 55.6 Å². The standard InChI is InChI=1S/C22H28N4O3/c1-16-5-3-4-6-20(16)25-22(28)17(2)23-18-7-9-19(10-8-18)24-21(27)15-26-11-13-29-14-12-26/h3-10,17,23H,11-15H2,1-2H3,(H,24,27)(H,25,28). The summed E-state index contributed by atoms with van der Waals surface area (Å²) in [5, 5.41) is 9.02. The van der Waals surface area contributed by atoms with Crippen LogP contribution < -0.4 is 16.0 Å². The lowest BCUT2D eigenvalue weighted by molar-refractivity contribution is -0.118. The summed E-state index contributed by atoms with van der Waals surface area (Å²) in [6.45, 7) is 7.02. The van der Waals surface area contributed by atoms with Gasteiger partial charge in [0.15, 0.2) is 0 Å². The largest absolute Gasteiger partial charge is 0.379 e. The highest BCUT2D eigenvalue weighted by molar-refractivity contribution is 5.97. The lowest BCUT2D eigenvalue weighted by Crippen LogP contribution is -2.41. The smallest absolute Gasteiger partial charge is 0.246 e. The molecule has 2 aromatic carbocycles. The van der Waals surface area contributed by atoms with E-state index in [9.17, 15) is 9.59 Å². The van der Waals surface area contributed by atoms with E-state index in [1.165, 1.54) is 0 Å². The molecule has 0 bridgehead atoms. The van der Waals surface area contributed by atoms with Gasteiger partial charge in [-0.05, 0) is 49.7 Å². The first-order valence-electron chi connectivity index (χ1n) is 9.84. The van der Waals surface area contributed by atoms with E-state index >= 15 is 0 Å². The Hall–Kier alpha value is -2.90. The van der Waals surface area contributed by atoms with Crippen LogP contribution in [0.15, 0.2) is 48.5 Å². The second-order valence-electron chi connectivity index (χ2n) is 7.18. The van der Waals surface area contributed by atoms with Gasteiger partial charge in [-0.1, -0.05) is 18.2 Å². The molecule has 154 valence electrons. The molecule has 0 aromatic heterocycles. The molecule has 3 N–H and O–H groups in total. The summed E-state index contributed by atoms with van der Waals surface area (Å²) in [6.07, 6.45) is 0. The Labute approximate surface area is 171 Å². The topological polar surface area (TPSA) is 82.7 Å². The van der Waals surface area contributed by atoms with Gasteiger partial charge in [-0.25, -0.2) is 0 Å². The number of morpholine rings is 1. The number of benzene rings is 2. The molecule has 1 atom stereocenters. The van der Waals surface area contributed by atoms with Gasteiger partial charge < -0.3 is 20.7 Å². The Balaban J connectivity index is 1.48. The number of rotatable bonds is 7. The number of aryl methyl sites for hydroxylation is 1. The van der Waals surface area contributed by atoms with Crippen molar-refractivity contribution in [1.82, 2.24) is 4.90 Å². The fourth-order valence-electron chi connectivity index (χ4n) is 3.08. The minimum absolute atomic E-state index is 0.0430. The number of anilines is 3. The molecule has 0 saturated carbocycles. The normalized spacial score (nSPS) is 15.4. The minimum atomic E-state index is -0.406. The molecule has 2 aromatic rings. The monoisotopic (exact) mass is 396 g/mol. The third kappa shape index (κ3) is 6.30. The maximum absolute atomic E-state index is 12.4. The third-order valence-corrected chi connectivity index (χ3v) is 4.82. The lowest BCUT2D eigenvalue weighted by atomic mass is 10.2. The minimum Gasteiger partial charge on any atom is -0.379 e. The summed E-state index contributed by atoms with van der Waals surface area (Å²) in [4.78, 5) is 26.7. The van der Waals surface area contributed by atoms with Crippen LogP contribution in [0, 0.1) is 6.92 Å². The van der Waals surface area contributed by atoms with Gasteiger partial charge in [0.05, 0.1) is 19.8 Å². The van der Waals surface area contributed by atoms with E-state index < -0.39 is 6.04 Å². The van der Waals surface area contributed by atoms with Gasteiger partial charge in [0, 0.05) is 30.2 Å². The molecular weight excluding hydrogens is 368 g/mol. The van der Waals surface area contributed by atoms with Gasteiger partial charge >= 0.3 is 0 Å². The van der Waals surface area contributed by atoms with E-state index in [0.717, 1.165) is 35.7 Å². The van der Waals surface area contributed by atoms with Crippen LogP contribution in [0.1, 0.15) is 12.5 Å². The molecule has 1 aliphatic rings. The predicted octanol–water partition coefficient (Wildman–Crippen LogP) is 2.70. The maximum Gasteiger partial charge on any atom is 0.246 e. The number of carbonyl (C=O) groups is 2. The zero-order valence-corrected chi connectivity index (χ0v) is 16.9. The van der Waals surface area contributed by atoms with Crippen LogP contribution in [0.2, 0.25) is 0 Å². The average molecular weight is 396 g/mol. The molecule has 7 nitrogen and oxygen atoms in total. The lowest BCUT2D eigenvalue weighted by Gasteiger charge is -2.25. The van der Waals surface area contributed by atoms with Crippen LogP contribution in [0.3, 0.4) is 0 Å². The molecule has 0 radical (unpaired) electrons. The van der Waals surface area contributed by atoms with Crippen LogP contribution in [0.25, 0.3) is 0 Å². The molecule has 29 heavy (non-hydrogen) atoms. The Morgan fingerprint density at radius 2 is 1.66 bits per heavy atom. The van der Waals surface area contributed by atoms with E-state index in [1.54, 1.807) is 0 Å². The van der Waals surface area contributed by atoms with E-state index in [2.05, 4.69) is 20.9 Å². The first-order valence-corrected chi connectivity index (χ1v) is 9.84. The van der Waals surface area contributed by atoms with E-state index in [4.69, 9.17) is 4.74 Å². The van der Waals surface area contributed by atoms with Crippen molar-refractivity contribution in [2.75, 3.05) is 48.8 Å². The average Bonchev–Trinajstić information content (AvgIpc) is 2.72. The second-order valence-corrected chi connectivity index (χ2v) is 7.18. The number of hydrogen-bond acceptors (Lipinski definition) is 5. The fraction of sp³-hybridized carbons (Fsp3) is 0.364. The Kier molecular flexibility index (Phi) is 7.21. The fourth-order valence-corrected chi connectivity index (χ4v) is 3.08. The Bertz CT molecular complexity index is 832. The second kappa shape index (κ2) is 10.0. The van der Waals surface area contributed by atoms with E-state index in [0.29, 0.717) is 19.8 Å². The Morgan fingerprint density at radius 1 is 1.00 bits per heavy atom. The van der Waals surface area contributed by atoms with Gasteiger partial charge in [0.1, 0.15) is 6.04 Å². The molecule has 3 rings (SSSR count). The van der Waals surface area contributed by atoms with Gasteiger partial charge in [-0.3, -0.25) is 14.5 Å². The van der Waals surface area contributed by atoms with Gasteiger partial charge in [-0.15, -0.1) is 0 Å². The zero-order valence-electron chi connectivity index (χ0n) is 16.9. The number of para-hydroxylation sites is 1. The number of carbonyl (C=O) groups excluding carboxylic acids is 2. The van der Waals surface area contributed by atoms with Crippen molar-refractivity contribution < 1.29 is 14.3 Å². The van der Waals surface area contributed by atoms with Crippen molar-refractivity contribution in [3.63, 3.8) is 0 Å². The molecule has 1 heterocycles. The first-order chi connectivity index (χ1) is 14.0. The highest BCUT2D eigenvalue weighted by Crippen LogP contribution is 2.17. The molecule has 1 aliphatic heterocycles. The maximum atomic E-state index is 12.4. The van der Waals surface area contributed by atoms with Crippen molar-refractivity contribution in [3.8, 4) is 0 Å². The Morgan fingerprint density at radius 3 is 2.34 bits per heavy atom. The number of amides is 2. The summed E-state index contributed by atoms with van der Waals surface area (Å²) in [6, 6.07) is 14.6. The van der Waals surface area contributed by atoms with Crippen molar-refractivity contribution in [3.05, 3.63) is 54.1 Å². The van der Waals surface area contributed by atoms with Crippen LogP contribution in [-0.2, 0) is 14.3 Å². The predicted molar refractivity (Wildman–Crippen MR) is 115 cm³/mol. The molecule has 2 amide bonds. The SMILES string of the molecule is Cc1ccccc1NC(=O)C(C)Nc1ccc(NC(=O)CN2CCOCC2)cc1. The first kappa shape index (κ1) is 20.8. The van der Waals surface area contributed by atoms with Crippen LogP contribution in [0.5, 0.6) is 0 Å². The zero-order chi connectivity index (χ0) is 20.6. The van der Waals surface area contributed by atoms with Gasteiger partial charge in [0.2, 0.25) is 11.8 Å². The number of nitrogens with zero attached hydrogens (tertiary/aromatic N) is 1. The molecule has 1 unspecified atom stereocenters. The summed E-state index contributed by atoms with van der Waals surface area (Å²) in [5.74, 6) is -0.152. The van der Waals surface area contributed by atoms with E-state index in [1.807, 2.05) is 62.4 Å². The van der Waals surface area contributed by atoms with Gasteiger partial charge in [0.25, 0.3) is 0 Å². The molecule has 0 aliphatic carbocycles. The van der Waals surface area contributed by atoms with Crippen LogP contribution >= 0.6 is 0 Å². The number of hydrogen-bond donors (Lipinski definition) is 3. The summed E-state index contributed by atoms with van der Waals surface area (Å²) in [5.41, 5.74) is 3.36. The van der Waals surface area contributed by atoms with Crippen molar-refractivity contribution in [1.29, 1.82) is 0 Å². The summed E-state index contributed by atoms with van der Waals surface area (Å²) < 4.78 is 5.29. The molecule has 7 heteroatoms. The highest BCUT2D eigenvalue weighted by Gasteiger charge is 2.15. The van der Waals surface area contributed by atoms with Crippen LogP contribution in [0.4, 0.5) is 17.1 Å². The molecule has 0 spiro atoms. The molecule has 1 saturated heterocycles. The molecule has 1 fully saturated rings. The number of ether oxygens (including phenoxy) is 1. The number of nitrogens with one attached hydrogen (secondary N) is 3. The highest BCUT2D eigenvalue weighted by atomic mass is 16.5.